The first-order chi connectivity index (χ1) is 11.0. The molecule has 2 aromatic rings. The number of nitrogens with one attached hydrogen (secondary N) is 1. The predicted molar refractivity (Wildman–Crippen MR) is 81.7 cm³/mol. The van der Waals surface area contributed by atoms with Crippen LogP contribution >= 0.6 is 0 Å². The van der Waals surface area contributed by atoms with Crippen LogP contribution in [0.1, 0.15) is 27.5 Å². The number of carbonyl (C=O) groups excluding carboxylic acids is 1. The van der Waals surface area contributed by atoms with Crippen molar-refractivity contribution in [1.82, 2.24) is 20.4 Å². The van der Waals surface area contributed by atoms with Crippen molar-refractivity contribution in [1.29, 1.82) is 0 Å². The number of hydrogen-bond acceptors (Lipinski definition) is 7. The van der Waals surface area contributed by atoms with Gasteiger partial charge in [-0.2, -0.15) is 0 Å². The van der Waals surface area contributed by atoms with Gasteiger partial charge in [-0.1, -0.05) is 5.16 Å². The van der Waals surface area contributed by atoms with Crippen LogP contribution in [-0.2, 0) is 11.2 Å². The summed E-state index contributed by atoms with van der Waals surface area (Å²) in [5, 5.41) is 6.87. The van der Waals surface area contributed by atoms with Crippen LogP contribution in [0.3, 0.4) is 0 Å². The van der Waals surface area contributed by atoms with E-state index in [0.717, 1.165) is 11.5 Å². The van der Waals surface area contributed by atoms with Crippen LogP contribution in [0, 0.1) is 19.8 Å². The largest absolute Gasteiger partial charge is 0.379 e. The zero-order valence-electron chi connectivity index (χ0n) is 13.1. The van der Waals surface area contributed by atoms with E-state index < -0.39 is 0 Å². The van der Waals surface area contributed by atoms with Gasteiger partial charge in [-0.05, 0) is 13.8 Å². The van der Waals surface area contributed by atoms with Gasteiger partial charge in [0.2, 0.25) is 5.95 Å². The third-order valence-electron chi connectivity index (χ3n) is 3.90. The second kappa shape index (κ2) is 6.33. The van der Waals surface area contributed by atoms with Crippen LogP contribution in [0.25, 0.3) is 0 Å². The predicted octanol–water partition coefficient (Wildman–Crippen LogP) is 0.651. The van der Waals surface area contributed by atoms with E-state index in [-0.39, 0.29) is 23.8 Å². The van der Waals surface area contributed by atoms with Crippen molar-refractivity contribution in [3.05, 3.63) is 35.0 Å². The minimum Gasteiger partial charge on any atom is -0.379 e. The Bertz CT molecular complexity index is 715. The monoisotopic (exact) mass is 317 g/mol. The standard InChI is InChI=1S/C15H19N5O3/c1-8-3-11(23-20-8)4-10-6-22-7-13(10)19-14(21)12-5-17-15(16)18-9(12)2/h3,5,10,13H,4,6-7H2,1-2H3,(H,19,21)(H2,16,17,18)/t10-,13+/m1/s1. The third kappa shape index (κ3) is 3.48. The Balaban J connectivity index is 1.67. The summed E-state index contributed by atoms with van der Waals surface area (Å²) >= 11 is 0. The lowest BCUT2D eigenvalue weighted by Crippen LogP contribution is -2.41. The molecule has 3 N–H and O–H groups in total. The summed E-state index contributed by atoms with van der Waals surface area (Å²) < 4.78 is 10.8. The molecule has 3 heterocycles. The zero-order valence-corrected chi connectivity index (χ0v) is 13.1. The maximum absolute atomic E-state index is 12.4. The molecule has 1 amide bonds. The lowest BCUT2D eigenvalue weighted by molar-refractivity contribution is 0.0923. The van der Waals surface area contributed by atoms with Gasteiger partial charge in [0.1, 0.15) is 5.76 Å². The molecule has 0 unspecified atom stereocenters. The quantitative estimate of drug-likeness (QED) is 0.850. The Morgan fingerprint density at radius 1 is 1.43 bits per heavy atom. The molecule has 1 saturated heterocycles. The fourth-order valence-electron chi connectivity index (χ4n) is 2.68. The molecule has 2 aromatic heterocycles. The second-order valence-electron chi connectivity index (χ2n) is 5.74. The van der Waals surface area contributed by atoms with Crippen LogP contribution < -0.4 is 11.1 Å². The first-order valence-electron chi connectivity index (χ1n) is 7.43. The van der Waals surface area contributed by atoms with Gasteiger partial charge in [-0.3, -0.25) is 4.79 Å². The summed E-state index contributed by atoms with van der Waals surface area (Å²) in [5.41, 5.74) is 7.32. The topological polar surface area (TPSA) is 116 Å². The van der Waals surface area contributed by atoms with Crippen LogP contribution in [0.15, 0.2) is 16.8 Å². The van der Waals surface area contributed by atoms with Crippen molar-refractivity contribution >= 4 is 11.9 Å². The highest BCUT2D eigenvalue weighted by atomic mass is 16.5. The summed E-state index contributed by atoms with van der Waals surface area (Å²) in [4.78, 5) is 20.3. The van der Waals surface area contributed by atoms with E-state index in [2.05, 4.69) is 20.4 Å². The average molecular weight is 317 g/mol. The van der Waals surface area contributed by atoms with E-state index in [9.17, 15) is 4.79 Å². The van der Waals surface area contributed by atoms with Crippen molar-refractivity contribution in [3.8, 4) is 0 Å². The summed E-state index contributed by atoms with van der Waals surface area (Å²) in [7, 11) is 0. The number of hydrogen-bond donors (Lipinski definition) is 2. The molecule has 23 heavy (non-hydrogen) atoms. The van der Waals surface area contributed by atoms with Crippen molar-refractivity contribution in [3.63, 3.8) is 0 Å². The van der Waals surface area contributed by atoms with Gasteiger partial charge in [-0.25, -0.2) is 9.97 Å². The molecule has 2 atom stereocenters. The van der Waals surface area contributed by atoms with Crippen molar-refractivity contribution in [2.24, 2.45) is 5.92 Å². The number of nitrogen functional groups attached to an aromatic ring is 1. The Hall–Kier alpha value is -2.48. The number of aromatic nitrogens is 3. The molecule has 0 aromatic carbocycles. The van der Waals surface area contributed by atoms with E-state index >= 15 is 0 Å². The summed E-state index contributed by atoms with van der Waals surface area (Å²) in [6.45, 7) is 4.65. The van der Waals surface area contributed by atoms with E-state index in [1.54, 1.807) is 6.92 Å². The Labute approximate surface area is 133 Å². The first-order valence-corrected chi connectivity index (χ1v) is 7.43. The molecule has 1 aliphatic heterocycles. The highest BCUT2D eigenvalue weighted by Crippen LogP contribution is 2.20. The van der Waals surface area contributed by atoms with Crippen molar-refractivity contribution < 1.29 is 14.1 Å². The number of anilines is 1. The number of nitrogens with zero attached hydrogens (tertiary/aromatic N) is 3. The van der Waals surface area contributed by atoms with E-state index in [1.807, 2.05) is 13.0 Å². The molecular weight excluding hydrogens is 298 g/mol. The number of ether oxygens (including phenoxy) is 1. The van der Waals surface area contributed by atoms with Gasteiger partial charge in [0, 0.05) is 24.6 Å². The molecule has 1 aliphatic rings. The number of amides is 1. The number of rotatable bonds is 4. The van der Waals surface area contributed by atoms with Crippen LogP contribution in [0.5, 0.6) is 0 Å². The van der Waals surface area contributed by atoms with Crippen LogP contribution in [-0.4, -0.2) is 40.3 Å². The molecule has 0 saturated carbocycles. The summed E-state index contributed by atoms with van der Waals surface area (Å²) in [6, 6.07) is 1.81. The maximum atomic E-state index is 12.4. The first kappa shape index (κ1) is 15.4. The number of carbonyl (C=O) groups is 1. The molecule has 1 fully saturated rings. The van der Waals surface area contributed by atoms with E-state index in [4.69, 9.17) is 15.0 Å². The van der Waals surface area contributed by atoms with E-state index in [0.29, 0.717) is 30.9 Å². The molecule has 0 spiro atoms. The molecular formula is C15H19N5O3. The Morgan fingerprint density at radius 3 is 2.96 bits per heavy atom. The minimum absolute atomic E-state index is 0.0927. The average Bonchev–Trinajstić information content (AvgIpc) is 3.09. The molecule has 122 valence electrons. The smallest absolute Gasteiger partial charge is 0.255 e. The fourth-order valence-corrected chi connectivity index (χ4v) is 2.68. The maximum Gasteiger partial charge on any atom is 0.255 e. The van der Waals surface area contributed by atoms with Crippen LogP contribution in [0.2, 0.25) is 0 Å². The summed E-state index contributed by atoms with van der Waals surface area (Å²) in [5.74, 6) is 0.865. The second-order valence-corrected chi connectivity index (χ2v) is 5.74. The third-order valence-corrected chi connectivity index (χ3v) is 3.90. The highest BCUT2D eigenvalue weighted by Gasteiger charge is 2.31. The lowest BCUT2D eigenvalue weighted by Gasteiger charge is -2.18. The van der Waals surface area contributed by atoms with Gasteiger partial charge in [0.25, 0.3) is 5.91 Å². The SMILES string of the molecule is Cc1cc(C[C@@H]2COC[C@@H]2NC(=O)c2cnc(N)nc2C)on1. The molecule has 0 aliphatic carbocycles. The molecule has 8 heteroatoms. The number of aryl methyl sites for hydroxylation is 2. The normalized spacial score (nSPS) is 20.6. The van der Waals surface area contributed by atoms with Crippen LogP contribution in [0.4, 0.5) is 5.95 Å². The summed E-state index contributed by atoms with van der Waals surface area (Å²) in [6.07, 6.45) is 2.11. The molecule has 0 radical (unpaired) electrons. The van der Waals surface area contributed by atoms with E-state index in [1.165, 1.54) is 6.20 Å². The van der Waals surface area contributed by atoms with Gasteiger partial charge < -0.3 is 20.3 Å². The van der Waals surface area contributed by atoms with Crippen molar-refractivity contribution in [2.75, 3.05) is 18.9 Å². The number of nitrogens with two attached hydrogens (primary N) is 1. The highest BCUT2D eigenvalue weighted by molar-refractivity contribution is 5.95. The lowest BCUT2D eigenvalue weighted by atomic mass is 9.98. The molecule has 8 nitrogen and oxygen atoms in total. The fraction of sp³-hybridized carbons (Fsp3) is 0.467. The Kier molecular flexibility index (Phi) is 4.24. The van der Waals surface area contributed by atoms with Crippen molar-refractivity contribution in [2.45, 2.75) is 26.3 Å². The molecule has 0 bridgehead atoms. The zero-order chi connectivity index (χ0) is 16.4. The van der Waals surface area contributed by atoms with Gasteiger partial charge >= 0.3 is 0 Å². The van der Waals surface area contributed by atoms with Gasteiger partial charge in [-0.15, -0.1) is 0 Å². The van der Waals surface area contributed by atoms with Gasteiger partial charge in [0.05, 0.1) is 36.2 Å². The molecule has 3 rings (SSSR count). The van der Waals surface area contributed by atoms with Gasteiger partial charge in [0.15, 0.2) is 0 Å². The Morgan fingerprint density at radius 2 is 2.26 bits per heavy atom. The minimum atomic E-state index is -0.225.